The van der Waals surface area contributed by atoms with Crippen LogP contribution in [0.1, 0.15) is 50.8 Å². The van der Waals surface area contributed by atoms with E-state index >= 15 is 0 Å². The van der Waals surface area contributed by atoms with Crippen molar-refractivity contribution in [2.45, 2.75) is 45.1 Å². The van der Waals surface area contributed by atoms with Crippen molar-refractivity contribution < 1.29 is 19.1 Å². The zero-order valence-electron chi connectivity index (χ0n) is 15.9. The van der Waals surface area contributed by atoms with Crippen LogP contribution in [0.3, 0.4) is 0 Å². The fourth-order valence-electron chi connectivity index (χ4n) is 3.12. The van der Waals surface area contributed by atoms with Crippen LogP contribution in [-0.4, -0.2) is 33.2 Å². The molecule has 1 aromatic heterocycles. The molecule has 1 aliphatic rings. The molecule has 142 valence electrons. The van der Waals surface area contributed by atoms with Crippen LogP contribution in [-0.2, 0) is 26.2 Å². The first-order valence-corrected chi connectivity index (χ1v) is 8.85. The summed E-state index contributed by atoms with van der Waals surface area (Å²) in [6, 6.07) is 5.65. The maximum Gasteiger partial charge on any atom is 0.331 e. The summed E-state index contributed by atoms with van der Waals surface area (Å²) in [7, 11) is 1.80. The Morgan fingerprint density at radius 2 is 2.07 bits per heavy atom. The first kappa shape index (κ1) is 18.8. The number of nitrogens with one attached hydrogen (secondary N) is 1. The van der Waals surface area contributed by atoms with E-state index in [1.54, 1.807) is 17.8 Å². The summed E-state index contributed by atoms with van der Waals surface area (Å²) in [6.07, 6.45) is 3.85. The number of aryl methyl sites for hydroxylation is 1. The van der Waals surface area contributed by atoms with Gasteiger partial charge in [-0.05, 0) is 44.9 Å². The molecule has 7 nitrogen and oxygen atoms in total. The number of carbonyl (C=O) groups excluding carboxylic acids is 3. The molecule has 1 saturated heterocycles. The molecule has 1 aliphatic heterocycles. The Morgan fingerprint density at radius 3 is 2.74 bits per heavy atom. The minimum Gasteiger partial charge on any atom is -0.457 e. The van der Waals surface area contributed by atoms with E-state index in [9.17, 15) is 14.4 Å². The Hall–Kier alpha value is -2.96. The van der Waals surface area contributed by atoms with Gasteiger partial charge in [0.25, 0.3) is 0 Å². The fraction of sp³-hybridized carbons (Fsp3) is 0.400. The van der Waals surface area contributed by atoms with Gasteiger partial charge in [-0.2, -0.15) is 5.10 Å². The Kier molecular flexibility index (Phi) is 4.87. The van der Waals surface area contributed by atoms with Crippen LogP contribution < -0.4 is 5.32 Å². The van der Waals surface area contributed by atoms with Gasteiger partial charge in [0.1, 0.15) is 5.60 Å². The first-order chi connectivity index (χ1) is 12.6. The number of nitrogens with zero attached hydrogens (tertiary/aromatic N) is 2. The highest BCUT2D eigenvalue weighted by Crippen LogP contribution is 2.30. The third-order valence-corrected chi connectivity index (χ3v) is 4.29. The standard InChI is InChI=1S/C20H23N3O4/c1-20(2,3)27-17(25)10-6-12-5-7-13-15(11-12)23(4)22-18(13)14-8-9-16(24)21-19(14)26/h5-7,10-11,14H,8-9H2,1-4H3,(H,21,24,26)/b10-6+. The Morgan fingerprint density at radius 1 is 1.33 bits per heavy atom. The molecular weight excluding hydrogens is 346 g/mol. The number of fused-ring (bicyclic) bond motifs is 1. The molecule has 7 heteroatoms. The molecule has 27 heavy (non-hydrogen) atoms. The molecule has 0 radical (unpaired) electrons. The third kappa shape index (κ3) is 4.24. The molecule has 1 fully saturated rings. The molecular formula is C20H23N3O4. The van der Waals surface area contributed by atoms with Gasteiger partial charge in [0.15, 0.2) is 0 Å². The summed E-state index contributed by atoms with van der Waals surface area (Å²) in [5.41, 5.74) is 1.80. The molecule has 1 aromatic carbocycles. The second-order valence-electron chi connectivity index (χ2n) is 7.66. The molecule has 0 bridgehead atoms. The van der Waals surface area contributed by atoms with Gasteiger partial charge >= 0.3 is 5.97 Å². The number of benzene rings is 1. The molecule has 2 amide bonds. The van der Waals surface area contributed by atoms with Crippen molar-refractivity contribution in [3.63, 3.8) is 0 Å². The molecule has 0 spiro atoms. The van der Waals surface area contributed by atoms with Crippen LogP contribution >= 0.6 is 0 Å². The van der Waals surface area contributed by atoms with E-state index in [4.69, 9.17) is 4.74 Å². The second-order valence-corrected chi connectivity index (χ2v) is 7.66. The maximum atomic E-state index is 12.2. The number of aromatic nitrogens is 2. The van der Waals surface area contributed by atoms with E-state index in [0.29, 0.717) is 18.5 Å². The van der Waals surface area contributed by atoms with Crippen LogP contribution in [0, 0.1) is 0 Å². The second kappa shape index (κ2) is 6.98. The SMILES string of the molecule is Cn1nc(C2CCC(=O)NC2=O)c2ccc(/C=C/C(=O)OC(C)(C)C)cc21. The van der Waals surface area contributed by atoms with Crippen LogP contribution in [0.15, 0.2) is 24.3 Å². The Labute approximate surface area is 157 Å². The van der Waals surface area contributed by atoms with E-state index in [2.05, 4.69) is 10.4 Å². The number of amides is 2. The van der Waals surface area contributed by atoms with Crippen molar-refractivity contribution in [3.8, 4) is 0 Å². The van der Waals surface area contributed by atoms with E-state index in [1.165, 1.54) is 6.08 Å². The first-order valence-electron chi connectivity index (χ1n) is 8.85. The monoisotopic (exact) mass is 369 g/mol. The summed E-state index contributed by atoms with van der Waals surface area (Å²) < 4.78 is 6.97. The number of imide groups is 1. The van der Waals surface area contributed by atoms with Gasteiger partial charge in [0, 0.05) is 24.9 Å². The molecule has 3 rings (SSSR count). The molecule has 2 aromatic rings. The average molecular weight is 369 g/mol. The highest BCUT2D eigenvalue weighted by Gasteiger charge is 2.31. The number of piperidine rings is 1. The lowest BCUT2D eigenvalue weighted by atomic mass is 9.92. The van der Waals surface area contributed by atoms with Gasteiger partial charge in [-0.1, -0.05) is 12.1 Å². The zero-order chi connectivity index (χ0) is 19.8. The van der Waals surface area contributed by atoms with Crippen LogP contribution in [0.4, 0.5) is 0 Å². The molecule has 2 heterocycles. The highest BCUT2D eigenvalue weighted by atomic mass is 16.6. The predicted octanol–water partition coefficient (Wildman–Crippen LogP) is 2.45. The zero-order valence-corrected chi connectivity index (χ0v) is 15.9. The lowest BCUT2D eigenvalue weighted by molar-refractivity contribution is -0.148. The van der Waals surface area contributed by atoms with E-state index in [1.807, 2.05) is 39.0 Å². The minimum atomic E-state index is -0.537. The van der Waals surface area contributed by atoms with Gasteiger partial charge in [0.2, 0.25) is 11.8 Å². The number of carbonyl (C=O) groups is 3. The number of ether oxygens (including phenoxy) is 1. The van der Waals surface area contributed by atoms with Crippen molar-refractivity contribution in [3.05, 3.63) is 35.5 Å². The van der Waals surface area contributed by atoms with Crippen LogP contribution in [0.2, 0.25) is 0 Å². The van der Waals surface area contributed by atoms with Crippen molar-refractivity contribution in [2.75, 3.05) is 0 Å². The molecule has 1 N–H and O–H groups in total. The van der Waals surface area contributed by atoms with Gasteiger partial charge in [-0.25, -0.2) is 4.79 Å². The number of rotatable bonds is 3. The minimum absolute atomic E-state index is 0.244. The quantitative estimate of drug-likeness (QED) is 0.510. The fourth-order valence-corrected chi connectivity index (χ4v) is 3.12. The van der Waals surface area contributed by atoms with Crippen molar-refractivity contribution >= 4 is 34.8 Å². The Bertz CT molecular complexity index is 950. The Balaban J connectivity index is 1.87. The lowest BCUT2D eigenvalue weighted by Gasteiger charge is -2.19. The lowest BCUT2D eigenvalue weighted by Crippen LogP contribution is -2.39. The molecule has 1 unspecified atom stereocenters. The van der Waals surface area contributed by atoms with Crippen molar-refractivity contribution in [1.29, 1.82) is 0 Å². The summed E-state index contributed by atoms with van der Waals surface area (Å²) in [5.74, 6) is -1.39. The summed E-state index contributed by atoms with van der Waals surface area (Å²) >= 11 is 0. The van der Waals surface area contributed by atoms with E-state index < -0.39 is 17.5 Å². The predicted molar refractivity (Wildman–Crippen MR) is 101 cm³/mol. The van der Waals surface area contributed by atoms with Gasteiger partial charge in [-0.3, -0.25) is 19.6 Å². The topological polar surface area (TPSA) is 90.3 Å². The largest absolute Gasteiger partial charge is 0.457 e. The number of hydrogen-bond donors (Lipinski definition) is 1. The number of hydrogen-bond acceptors (Lipinski definition) is 5. The van der Waals surface area contributed by atoms with E-state index in [-0.39, 0.29) is 11.8 Å². The van der Waals surface area contributed by atoms with Crippen LogP contribution in [0.5, 0.6) is 0 Å². The molecule has 1 atom stereocenters. The molecule has 0 aliphatic carbocycles. The average Bonchev–Trinajstić information content (AvgIpc) is 2.88. The van der Waals surface area contributed by atoms with Crippen LogP contribution in [0.25, 0.3) is 17.0 Å². The number of esters is 1. The smallest absolute Gasteiger partial charge is 0.331 e. The van der Waals surface area contributed by atoms with Crippen molar-refractivity contribution in [2.24, 2.45) is 7.05 Å². The third-order valence-electron chi connectivity index (χ3n) is 4.29. The van der Waals surface area contributed by atoms with Crippen molar-refractivity contribution in [1.82, 2.24) is 15.1 Å². The highest BCUT2D eigenvalue weighted by molar-refractivity contribution is 6.02. The molecule has 0 saturated carbocycles. The van der Waals surface area contributed by atoms with Gasteiger partial charge < -0.3 is 4.74 Å². The van der Waals surface area contributed by atoms with Gasteiger partial charge in [0.05, 0.1) is 17.1 Å². The van der Waals surface area contributed by atoms with Gasteiger partial charge in [-0.15, -0.1) is 0 Å². The summed E-state index contributed by atoms with van der Waals surface area (Å²) in [4.78, 5) is 35.4. The summed E-state index contributed by atoms with van der Waals surface area (Å²) in [6.45, 7) is 5.45. The maximum absolute atomic E-state index is 12.2. The normalized spacial score (nSPS) is 18.1. The summed E-state index contributed by atoms with van der Waals surface area (Å²) in [5, 5.41) is 7.74. The van der Waals surface area contributed by atoms with E-state index in [0.717, 1.165) is 16.5 Å².